The molecule has 0 amide bonds. The third kappa shape index (κ3) is 5.92. The molecule has 114 valence electrons. The summed E-state index contributed by atoms with van der Waals surface area (Å²) in [6.07, 6.45) is -4.52. The fraction of sp³-hybridized carbons (Fsp3) is 0.600. The van der Waals surface area contributed by atoms with Gasteiger partial charge in [0.05, 0.1) is 12.6 Å². The molecule has 0 heterocycles. The number of alkyl halides is 3. The van der Waals surface area contributed by atoms with E-state index in [1.165, 1.54) is 4.90 Å². The first-order valence-electron chi connectivity index (χ1n) is 6.76. The Morgan fingerprint density at radius 2 is 1.70 bits per heavy atom. The van der Waals surface area contributed by atoms with Crippen molar-refractivity contribution < 1.29 is 18.3 Å². The lowest BCUT2D eigenvalue weighted by atomic mass is 10.0. The number of halogens is 3. The summed E-state index contributed by atoms with van der Waals surface area (Å²) in [6, 6.07) is 5.60. The van der Waals surface area contributed by atoms with Crippen molar-refractivity contribution in [2.24, 2.45) is 0 Å². The molecule has 1 aromatic rings. The Kier molecular flexibility index (Phi) is 6.02. The molecule has 1 aromatic carbocycles. The fourth-order valence-electron chi connectivity index (χ4n) is 2.36. The van der Waals surface area contributed by atoms with Crippen LogP contribution < -0.4 is 0 Å². The Morgan fingerprint density at radius 3 is 2.15 bits per heavy atom. The zero-order chi connectivity index (χ0) is 15.3. The minimum atomic E-state index is -4.24. The molecule has 5 heteroatoms. The predicted molar refractivity (Wildman–Crippen MR) is 73.7 cm³/mol. The monoisotopic (exact) mass is 289 g/mol. The van der Waals surface area contributed by atoms with Crippen LogP contribution in [-0.2, 0) is 0 Å². The molecule has 0 aliphatic heterocycles. The van der Waals surface area contributed by atoms with E-state index in [1.54, 1.807) is 0 Å². The van der Waals surface area contributed by atoms with Crippen molar-refractivity contribution in [3.63, 3.8) is 0 Å². The lowest BCUT2D eigenvalue weighted by Crippen LogP contribution is -2.37. The fourth-order valence-corrected chi connectivity index (χ4v) is 2.36. The van der Waals surface area contributed by atoms with Crippen molar-refractivity contribution >= 4 is 0 Å². The van der Waals surface area contributed by atoms with Crippen LogP contribution in [0.4, 0.5) is 13.2 Å². The van der Waals surface area contributed by atoms with Gasteiger partial charge in [-0.05, 0) is 32.4 Å². The second kappa shape index (κ2) is 7.09. The molecule has 0 aromatic heterocycles. The summed E-state index contributed by atoms with van der Waals surface area (Å²) in [6.45, 7) is 4.97. The second-order valence-electron chi connectivity index (χ2n) is 5.29. The summed E-state index contributed by atoms with van der Waals surface area (Å²) in [7, 11) is 0. The maximum absolute atomic E-state index is 12.5. The number of benzene rings is 1. The molecule has 0 aliphatic carbocycles. The van der Waals surface area contributed by atoms with E-state index in [1.807, 2.05) is 39.0 Å². The smallest absolute Gasteiger partial charge is 0.387 e. The van der Waals surface area contributed by atoms with Gasteiger partial charge < -0.3 is 5.11 Å². The molecule has 1 rings (SSSR count). The maximum atomic E-state index is 12.5. The van der Waals surface area contributed by atoms with Crippen LogP contribution in [0.15, 0.2) is 18.2 Å². The Morgan fingerprint density at radius 1 is 1.15 bits per heavy atom. The number of aryl methyl sites for hydroxylation is 2. The van der Waals surface area contributed by atoms with Crippen molar-refractivity contribution in [1.29, 1.82) is 0 Å². The van der Waals surface area contributed by atoms with Crippen LogP contribution in [0.2, 0.25) is 0 Å². The molecule has 0 aliphatic rings. The number of hydrogen-bond acceptors (Lipinski definition) is 2. The van der Waals surface area contributed by atoms with Crippen molar-refractivity contribution in [2.45, 2.75) is 39.5 Å². The Balaban J connectivity index is 2.76. The van der Waals surface area contributed by atoms with E-state index in [2.05, 4.69) is 0 Å². The molecule has 2 nitrogen and oxygen atoms in total. The zero-order valence-electron chi connectivity index (χ0n) is 12.2. The molecule has 0 saturated heterocycles. The van der Waals surface area contributed by atoms with Gasteiger partial charge in [0, 0.05) is 6.54 Å². The number of aliphatic hydroxyl groups is 1. The molecule has 0 saturated carbocycles. The molecular formula is C15H22F3NO. The third-order valence-electron chi connectivity index (χ3n) is 3.00. The molecule has 0 bridgehead atoms. The van der Waals surface area contributed by atoms with Gasteiger partial charge in [-0.25, -0.2) is 0 Å². The van der Waals surface area contributed by atoms with Crippen LogP contribution >= 0.6 is 0 Å². The number of hydrogen-bond donors (Lipinski definition) is 1. The summed E-state index contributed by atoms with van der Waals surface area (Å²) in [4.78, 5) is 1.25. The molecule has 1 unspecified atom stereocenters. The topological polar surface area (TPSA) is 23.5 Å². The molecule has 1 N–H and O–H groups in total. The van der Waals surface area contributed by atoms with Crippen LogP contribution in [0.5, 0.6) is 0 Å². The highest BCUT2D eigenvalue weighted by Gasteiger charge is 2.31. The Hall–Kier alpha value is -1.07. The van der Waals surface area contributed by atoms with E-state index < -0.39 is 18.8 Å². The first-order chi connectivity index (χ1) is 9.21. The molecular weight excluding hydrogens is 267 g/mol. The number of rotatable bonds is 6. The molecule has 0 spiro atoms. The average Bonchev–Trinajstić information content (AvgIpc) is 2.25. The quantitative estimate of drug-likeness (QED) is 0.864. The van der Waals surface area contributed by atoms with Gasteiger partial charge in [-0.1, -0.05) is 36.2 Å². The third-order valence-corrected chi connectivity index (χ3v) is 3.00. The van der Waals surface area contributed by atoms with Crippen molar-refractivity contribution in [2.75, 3.05) is 19.6 Å². The SMILES string of the molecule is CCCN(CC(O)c1cc(C)cc(C)c1)CC(F)(F)F. The summed E-state index contributed by atoms with van der Waals surface area (Å²) < 4.78 is 37.5. The van der Waals surface area contributed by atoms with Crippen molar-refractivity contribution in [3.05, 3.63) is 34.9 Å². The van der Waals surface area contributed by atoms with Crippen LogP contribution in [0, 0.1) is 13.8 Å². The lowest BCUT2D eigenvalue weighted by Gasteiger charge is -2.26. The molecule has 20 heavy (non-hydrogen) atoms. The summed E-state index contributed by atoms with van der Waals surface area (Å²) in [5.74, 6) is 0. The summed E-state index contributed by atoms with van der Waals surface area (Å²) >= 11 is 0. The van der Waals surface area contributed by atoms with Gasteiger partial charge in [0.25, 0.3) is 0 Å². The highest BCUT2D eigenvalue weighted by molar-refractivity contribution is 5.30. The highest BCUT2D eigenvalue weighted by Crippen LogP contribution is 2.21. The average molecular weight is 289 g/mol. The van der Waals surface area contributed by atoms with Crippen LogP contribution in [0.1, 0.15) is 36.1 Å². The highest BCUT2D eigenvalue weighted by atomic mass is 19.4. The molecule has 0 fully saturated rings. The summed E-state index contributed by atoms with van der Waals surface area (Å²) in [5.41, 5.74) is 2.67. The van der Waals surface area contributed by atoms with Gasteiger partial charge in [0.2, 0.25) is 0 Å². The molecule has 0 radical (unpaired) electrons. The largest absolute Gasteiger partial charge is 0.401 e. The van der Waals surface area contributed by atoms with Crippen molar-refractivity contribution in [1.82, 2.24) is 4.90 Å². The van der Waals surface area contributed by atoms with E-state index >= 15 is 0 Å². The predicted octanol–water partition coefficient (Wildman–Crippen LogP) is 3.61. The van der Waals surface area contributed by atoms with E-state index in [9.17, 15) is 18.3 Å². The van der Waals surface area contributed by atoms with E-state index in [0.717, 1.165) is 11.1 Å². The first-order valence-corrected chi connectivity index (χ1v) is 6.76. The van der Waals surface area contributed by atoms with Gasteiger partial charge in [-0.15, -0.1) is 0 Å². The molecule has 1 atom stereocenters. The minimum absolute atomic E-state index is 0.00373. The number of aliphatic hydroxyl groups excluding tert-OH is 1. The Labute approximate surface area is 118 Å². The van der Waals surface area contributed by atoms with Gasteiger partial charge in [-0.3, -0.25) is 4.90 Å². The van der Waals surface area contributed by atoms with Gasteiger partial charge in [0.15, 0.2) is 0 Å². The minimum Gasteiger partial charge on any atom is -0.387 e. The summed E-state index contributed by atoms with van der Waals surface area (Å²) in [5, 5.41) is 10.2. The van der Waals surface area contributed by atoms with Crippen LogP contribution in [0.3, 0.4) is 0 Å². The Bertz CT molecular complexity index is 411. The first kappa shape index (κ1) is 17.0. The van der Waals surface area contributed by atoms with E-state index in [0.29, 0.717) is 18.5 Å². The number of nitrogens with zero attached hydrogens (tertiary/aromatic N) is 1. The van der Waals surface area contributed by atoms with Gasteiger partial charge in [-0.2, -0.15) is 13.2 Å². The van der Waals surface area contributed by atoms with Crippen LogP contribution in [0.25, 0.3) is 0 Å². The van der Waals surface area contributed by atoms with Crippen LogP contribution in [-0.4, -0.2) is 35.8 Å². The standard InChI is InChI=1S/C15H22F3NO/c1-4-5-19(10-15(16,17)18)9-14(20)13-7-11(2)6-12(3)8-13/h6-8,14,20H,4-5,9-10H2,1-3H3. The van der Waals surface area contributed by atoms with E-state index in [4.69, 9.17) is 0 Å². The van der Waals surface area contributed by atoms with Gasteiger partial charge in [0.1, 0.15) is 0 Å². The zero-order valence-corrected chi connectivity index (χ0v) is 12.2. The maximum Gasteiger partial charge on any atom is 0.401 e. The lowest BCUT2D eigenvalue weighted by molar-refractivity contribution is -0.148. The second-order valence-corrected chi connectivity index (χ2v) is 5.29. The van der Waals surface area contributed by atoms with E-state index in [-0.39, 0.29) is 6.54 Å². The normalized spacial score (nSPS) is 13.8. The van der Waals surface area contributed by atoms with Gasteiger partial charge >= 0.3 is 6.18 Å². The van der Waals surface area contributed by atoms with Crippen molar-refractivity contribution in [3.8, 4) is 0 Å².